The fourth-order valence-electron chi connectivity index (χ4n) is 2.55. The number of hydrogen-bond acceptors (Lipinski definition) is 1. The van der Waals surface area contributed by atoms with Gasteiger partial charge in [0.25, 0.3) is 0 Å². The maximum atomic E-state index is 9.08. The normalized spacial score (nSPS) is 11.1. The minimum atomic E-state index is -0.0122. The van der Waals surface area contributed by atoms with Crippen molar-refractivity contribution in [2.45, 2.75) is 74.3 Å². The summed E-state index contributed by atoms with van der Waals surface area (Å²) in [4.78, 5) is 0. The molecule has 0 aromatic heterocycles. The van der Waals surface area contributed by atoms with Crippen molar-refractivity contribution < 1.29 is 5.11 Å². The van der Waals surface area contributed by atoms with E-state index in [-0.39, 0.29) is 12.0 Å². The lowest BCUT2D eigenvalue weighted by atomic mass is 9.78. The Bertz CT molecular complexity index is 656. The van der Waals surface area contributed by atoms with Crippen LogP contribution >= 0.6 is 0 Å². The highest BCUT2D eigenvalue weighted by Gasteiger charge is 2.22. The molecular weight excluding hydrogens is 340 g/mol. The quantitative estimate of drug-likeness (QED) is 0.537. The molecule has 1 heteroatoms. The van der Waals surface area contributed by atoms with Crippen molar-refractivity contribution in [3.8, 4) is 0 Å². The average molecular weight is 383 g/mol. The lowest BCUT2D eigenvalue weighted by Crippen LogP contribution is -2.18. The molecule has 0 aliphatic carbocycles. The molecule has 0 atom stereocenters. The van der Waals surface area contributed by atoms with Crippen LogP contribution in [-0.4, -0.2) is 5.11 Å². The molecule has 0 aliphatic rings. The van der Waals surface area contributed by atoms with Crippen LogP contribution < -0.4 is 0 Å². The zero-order valence-corrected chi connectivity index (χ0v) is 19.6. The van der Waals surface area contributed by atoms with Crippen molar-refractivity contribution in [1.82, 2.24) is 0 Å². The summed E-state index contributed by atoms with van der Waals surface area (Å²) in [6.45, 7) is 19.5. The van der Waals surface area contributed by atoms with Gasteiger partial charge in [-0.05, 0) is 42.4 Å². The Morgan fingerprint density at radius 3 is 1.50 bits per heavy atom. The Kier molecular flexibility index (Phi) is 12.5. The molecule has 1 nitrogen and oxygen atoms in total. The van der Waals surface area contributed by atoms with Crippen LogP contribution in [-0.2, 0) is 12.0 Å². The van der Waals surface area contributed by atoms with Gasteiger partial charge < -0.3 is 5.11 Å². The summed E-state index contributed by atoms with van der Waals surface area (Å²) in [6, 6.07) is 16.9. The van der Waals surface area contributed by atoms with E-state index in [1.807, 2.05) is 19.1 Å². The summed E-state index contributed by atoms with van der Waals surface area (Å²) >= 11 is 0. The molecule has 0 saturated carbocycles. The second kappa shape index (κ2) is 13.3. The van der Waals surface area contributed by atoms with Crippen LogP contribution in [0.3, 0.4) is 0 Å². The molecule has 0 fully saturated rings. The molecule has 0 saturated heterocycles. The fraction of sp³-hybridized carbons (Fsp3) is 0.481. The number of aliphatic hydroxyl groups is 1. The molecule has 0 bridgehead atoms. The van der Waals surface area contributed by atoms with Crippen LogP contribution in [0.4, 0.5) is 0 Å². The molecule has 2 aromatic carbocycles. The zero-order chi connectivity index (χ0) is 21.7. The Labute approximate surface area is 174 Å². The van der Waals surface area contributed by atoms with Crippen LogP contribution in [0.5, 0.6) is 0 Å². The summed E-state index contributed by atoms with van der Waals surface area (Å²) in [7, 11) is 0. The average Bonchev–Trinajstić information content (AvgIpc) is 2.62. The van der Waals surface area contributed by atoms with Crippen LogP contribution in [0.25, 0.3) is 0 Å². The van der Waals surface area contributed by atoms with Gasteiger partial charge in [0.05, 0.1) is 6.61 Å². The largest absolute Gasteiger partial charge is 0.392 e. The molecule has 156 valence electrons. The van der Waals surface area contributed by atoms with Gasteiger partial charge in [-0.25, -0.2) is 0 Å². The Morgan fingerprint density at radius 2 is 1.21 bits per heavy atom. The second-order valence-corrected chi connectivity index (χ2v) is 8.85. The van der Waals surface area contributed by atoms with Gasteiger partial charge in [-0.15, -0.1) is 0 Å². The van der Waals surface area contributed by atoms with Crippen LogP contribution in [0.1, 0.15) is 77.6 Å². The first-order valence-electron chi connectivity index (χ1n) is 10.4. The van der Waals surface area contributed by atoms with E-state index in [0.717, 1.165) is 17.4 Å². The van der Waals surface area contributed by atoms with E-state index in [9.17, 15) is 0 Å². The van der Waals surface area contributed by atoms with Crippen LogP contribution in [0.2, 0.25) is 0 Å². The molecular formula is C27H42O. The first-order chi connectivity index (χ1) is 13.0. The third kappa shape index (κ3) is 10.5. The molecule has 0 amide bonds. The number of aliphatic hydroxyl groups excluding tert-OH is 1. The van der Waals surface area contributed by atoms with Gasteiger partial charge in [0.15, 0.2) is 0 Å². The maximum Gasteiger partial charge on any atom is 0.0681 e. The SMILES string of the molecule is CC(C)C.CC=CC(C)C.Cc1ccc(C(C)(C)c2ccc(CO)cc2)cc1. The topological polar surface area (TPSA) is 20.2 Å². The van der Waals surface area contributed by atoms with Gasteiger partial charge in [-0.3, -0.25) is 0 Å². The predicted octanol–water partition coefficient (Wildman–Crippen LogP) is 7.69. The van der Waals surface area contributed by atoms with Crippen molar-refractivity contribution in [2.24, 2.45) is 11.8 Å². The molecule has 2 aromatic rings. The number of allylic oxidation sites excluding steroid dienone is 2. The van der Waals surface area contributed by atoms with E-state index in [4.69, 9.17) is 5.11 Å². The highest BCUT2D eigenvalue weighted by Crippen LogP contribution is 2.31. The van der Waals surface area contributed by atoms with Gasteiger partial charge >= 0.3 is 0 Å². The number of benzene rings is 2. The van der Waals surface area contributed by atoms with E-state index in [1.165, 1.54) is 16.7 Å². The molecule has 0 unspecified atom stereocenters. The van der Waals surface area contributed by atoms with Gasteiger partial charge in [-0.1, -0.05) is 115 Å². The van der Waals surface area contributed by atoms with E-state index in [0.29, 0.717) is 0 Å². The van der Waals surface area contributed by atoms with Crippen molar-refractivity contribution in [3.05, 3.63) is 82.9 Å². The molecule has 0 heterocycles. The van der Waals surface area contributed by atoms with Crippen LogP contribution in [0, 0.1) is 18.8 Å². The summed E-state index contributed by atoms with van der Waals surface area (Å²) in [5, 5.41) is 9.08. The Hall–Kier alpha value is -1.86. The van der Waals surface area contributed by atoms with Gasteiger partial charge in [-0.2, -0.15) is 0 Å². The second-order valence-electron chi connectivity index (χ2n) is 8.85. The minimum absolute atomic E-state index is 0.0122. The molecule has 0 spiro atoms. The molecule has 28 heavy (non-hydrogen) atoms. The van der Waals surface area contributed by atoms with Crippen molar-refractivity contribution in [1.29, 1.82) is 0 Å². The Morgan fingerprint density at radius 1 is 0.821 bits per heavy atom. The number of aryl methyl sites for hydroxylation is 1. The van der Waals surface area contributed by atoms with Crippen molar-refractivity contribution >= 4 is 0 Å². The van der Waals surface area contributed by atoms with Crippen molar-refractivity contribution in [2.75, 3.05) is 0 Å². The lowest BCUT2D eigenvalue weighted by molar-refractivity contribution is 0.282. The van der Waals surface area contributed by atoms with Gasteiger partial charge in [0.2, 0.25) is 0 Å². The number of rotatable bonds is 4. The standard InChI is InChI=1S/C17H20O.C6H12.C4H10/c1-13-4-8-15(9-5-13)17(2,3)16-10-6-14(12-18)7-11-16;1-4-5-6(2)3;1-4(2)3/h4-11,18H,12H2,1-3H3;4-6H,1-3H3;4H,1-3H3. The third-order valence-electron chi connectivity index (χ3n) is 4.21. The summed E-state index contributed by atoms with van der Waals surface area (Å²) in [5.74, 6) is 1.55. The molecule has 1 N–H and O–H groups in total. The summed E-state index contributed by atoms with van der Waals surface area (Å²) in [6.07, 6.45) is 4.24. The smallest absolute Gasteiger partial charge is 0.0681 e. The van der Waals surface area contributed by atoms with E-state index < -0.39 is 0 Å². The first-order valence-corrected chi connectivity index (χ1v) is 10.4. The lowest BCUT2D eigenvalue weighted by Gasteiger charge is -2.26. The maximum absolute atomic E-state index is 9.08. The third-order valence-corrected chi connectivity index (χ3v) is 4.21. The van der Waals surface area contributed by atoms with Gasteiger partial charge in [0.1, 0.15) is 0 Å². The molecule has 0 radical (unpaired) electrons. The summed E-state index contributed by atoms with van der Waals surface area (Å²) < 4.78 is 0. The summed E-state index contributed by atoms with van der Waals surface area (Å²) in [5.41, 5.74) is 4.80. The van der Waals surface area contributed by atoms with E-state index in [2.05, 4.69) is 104 Å². The van der Waals surface area contributed by atoms with E-state index in [1.54, 1.807) is 0 Å². The molecule has 2 rings (SSSR count). The minimum Gasteiger partial charge on any atom is -0.392 e. The highest BCUT2D eigenvalue weighted by molar-refractivity contribution is 5.39. The zero-order valence-electron chi connectivity index (χ0n) is 19.6. The molecule has 0 aliphatic heterocycles. The van der Waals surface area contributed by atoms with Crippen LogP contribution in [0.15, 0.2) is 60.7 Å². The highest BCUT2D eigenvalue weighted by atomic mass is 16.3. The fourth-order valence-corrected chi connectivity index (χ4v) is 2.55. The van der Waals surface area contributed by atoms with Crippen molar-refractivity contribution in [3.63, 3.8) is 0 Å². The first kappa shape index (κ1) is 26.1. The predicted molar refractivity (Wildman–Crippen MR) is 126 cm³/mol. The number of hydrogen-bond donors (Lipinski definition) is 1. The van der Waals surface area contributed by atoms with Gasteiger partial charge in [0, 0.05) is 5.41 Å². The monoisotopic (exact) mass is 382 g/mol. The Balaban J connectivity index is 0.000000608. The van der Waals surface area contributed by atoms with E-state index >= 15 is 0 Å².